The molecule has 6 rings (SSSR count). The fraction of sp³-hybridized carbons (Fsp3) is 0.297. The highest BCUT2D eigenvalue weighted by atomic mass is 35.5. The van der Waals surface area contributed by atoms with Crippen molar-refractivity contribution in [3.63, 3.8) is 0 Å². The summed E-state index contributed by atoms with van der Waals surface area (Å²) in [5.74, 6) is -0.896. The largest absolute Gasteiger partial charge is 0.486 e. The maximum atomic E-state index is 14.7. The van der Waals surface area contributed by atoms with Crippen molar-refractivity contribution in [2.24, 2.45) is 0 Å². The van der Waals surface area contributed by atoms with Crippen molar-refractivity contribution < 1.29 is 31.9 Å². The van der Waals surface area contributed by atoms with E-state index in [1.165, 1.54) is 35.2 Å². The van der Waals surface area contributed by atoms with Gasteiger partial charge in [0.05, 0.1) is 10.6 Å². The predicted octanol–water partition coefficient (Wildman–Crippen LogP) is 6.14. The van der Waals surface area contributed by atoms with Crippen LogP contribution in [0.5, 0.6) is 11.5 Å². The normalized spacial score (nSPS) is 15.0. The number of fused-ring (bicyclic) bond motifs is 1. The van der Waals surface area contributed by atoms with Crippen LogP contribution in [-0.2, 0) is 32.6 Å². The Kier molecular flexibility index (Phi) is 10.7. The first-order valence-electron chi connectivity index (χ1n) is 16.2. The lowest BCUT2D eigenvalue weighted by Crippen LogP contribution is -2.54. The first kappa shape index (κ1) is 34.3. The minimum Gasteiger partial charge on any atom is -0.486 e. The molecule has 0 saturated heterocycles. The molecule has 49 heavy (non-hydrogen) atoms. The van der Waals surface area contributed by atoms with Crippen molar-refractivity contribution >= 4 is 39.1 Å². The summed E-state index contributed by atoms with van der Waals surface area (Å²) in [4.78, 5) is 30.1. The van der Waals surface area contributed by atoms with Gasteiger partial charge in [-0.15, -0.1) is 0 Å². The SMILES string of the molecule is O=C(NC1CCCC1)C(Cc1ccccc1)N(Cc1ccccc1Cl)C(=O)CN(c1ccc(F)cc1)S(=O)(=O)c1ccc2c(c1)OCCO2. The molecule has 1 unspecified atom stereocenters. The highest BCUT2D eigenvalue weighted by molar-refractivity contribution is 7.92. The minimum absolute atomic E-state index is 0.0191. The zero-order valence-electron chi connectivity index (χ0n) is 26.8. The van der Waals surface area contributed by atoms with Gasteiger partial charge in [0.25, 0.3) is 10.0 Å². The number of nitrogens with zero attached hydrogens (tertiary/aromatic N) is 2. The Balaban J connectivity index is 1.40. The van der Waals surface area contributed by atoms with Gasteiger partial charge in [-0.2, -0.15) is 0 Å². The maximum absolute atomic E-state index is 14.7. The van der Waals surface area contributed by atoms with Gasteiger partial charge in [0.2, 0.25) is 11.8 Å². The van der Waals surface area contributed by atoms with Crippen LogP contribution in [0, 0.1) is 5.82 Å². The number of ether oxygens (including phenoxy) is 2. The summed E-state index contributed by atoms with van der Waals surface area (Å²) < 4.78 is 54.9. The van der Waals surface area contributed by atoms with Gasteiger partial charge in [-0.05, 0) is 66.4 Å². The van der Waals surface area contributed by atoms with Crippen LogP contribution in [0.2, 0.25) is 5.02 Å². The number of benzene rings is 4. The molecule has 0 bridgehead atoms. The van der Waals surface area contributed by atoms with E-state index < -0.39 is 34.3 Å². The van der Waals surface area contributed by atoms with Gasteiger partial charge in [-0.1, -0.05) is 73.0 Å². The van der Waals surface area contributed by atoms with Crippen LogP contribution >= 0.6 is 11.6 Å². The average molecular weight is 706 g/mol. The number of anilines is 1. The molecule has 2 aliphatic rings. The summed E-state index contributed by atoms with van der Waals surface area (Å²) in [6.07, 6.45) is 3.87. The Bertz CT molecular complexity index is 1890. The molecule has 1 fully saturated rings. The van der Waals surface area contributed by atoms with Crippen LogP contribution in [0.15, 0.2) is 102 Å². The third-order valence-electron chi connectivity index (χ3n) is 8.77. The number of rotatable bonds is 12. The van der Waals surface area contributed by atoms with Crippen molar-refractivity contribution in [3.05, 3.63) is 119 Å². The number of nitrogens with one attached hydrogen (secondary N) is 1. The van der Waals surface area contributed by atoms with E-state index in [1.54, 1.807) is 24.3 Å². The van der Waals surface area contributed by atoms with Crippen LogP contribution in [0.1, 0.15) is 36.8 Å². The molecular weight excluding hydrogens is 669 g/mol. The second kappa shape index (κ2) is 15.3. The van der Waals surface area contributed by atoms with Crippen molar-refractivity contribution in [1.82, 2.24) is 10.2 Å². The quantitative estimate of drug-likeness (QED) is 0.190. The summed E-state index contributed by atoms with van der Waals surface area (Å²) in [5, 5.41) is 3.54. The fourth-order valence-corrected chi connectivity index (χ4v) is 7.80. The monoisotopic (exact) mass is 705 g/mol. The lowest BCUT2D eigenvalue weighted by atomic mass is 10.0. The van der Waals surface area contributed by atoms with Gasteiger partial charge < -0.3 is 19.7 Å². The topological polar surface area (TPSA) is 105 Å². The van der Waals surface area contributed by atoms with Gasteiger partial charge in [0, 0.05) is 30.1 Å². The molecule has 1 saturated carbocycles. The Morgan fingerprint density at radius 1 is 0.878 bits per heavy atom. The first-order chi connectivity index (χ1) is 23.7. The molecule has 0 radical (unpaired) electrons. The van der Waals surface area contributed by atoms with Gasteiger partial charge in [-0.3, -0.25) is 13.9 Å². The second-order valence-electron chi connectivity index (χ2n) is 12.1. The standard InChI is InChI=1S/C37H37ClFN3O6S/c38-32-13-7-4-10-27(32)24-41(33(22-26-8-2-1-3-9-26)37(44)40-29-11-5-6-12-29)36(43)25-42(30-16-14-28(39)15-17-30)49(45,46)31-18-19-34-35(23-31)48-21-20-47-34/h1-4,7-10,13-19,23,29,33H,5-6,11-12,20-22,24-25H2,(H,40,44). The van der Waals surface area contributed by atoms with E-state index in [9.17, 15) is 22.4 Å². The number of sulfonamides is 1. The average Bonchev–Trinajstić information content (AvgIpc) is 3.63. The molecule has 1 aliphatic carbocycles. The number of hydrogen-bond acceptors (Lipinski definition) is 6. The summed E-state index contributed by atoms with van der Waals surface area (Å²) >= 11 is 6.58. The molecule has 4 aromatic carbocycles. The minimum atomic E-state index is -4.43. The smallest absolute Gasteiger partial charge is 0.264 e. The molecule has 9 nitrogen and oxygen atoms in total. The molecular formula is C37H37ClFN3O6S. The fourth-order valence-electron chi connectivity index (χ4n) is 6.18. The molecule has 256 valence electrons. The zero-order chi connectivity index (χ0) is 34.4. The third-order valence-corrected chi connectivity index (χ3v) is 10.9. The zero-order valence-corrected chi connectivity index (χ0v) is 28.3. The van der Waals surface area contributed by atoms with E-state index in [2.05, 4.69) is 5.32 Å². The molecule has 1 aliphatic heterocycles. The number of carbonyl (C=O) groups excluding carboxylic acids is 2. The van der Waals surface area contributed by atoms with E-state index in [0.717, 1.165) is 47.7 Å². The third kappa shape index (κ3) is 8.17. The molecule has 1 atom stereocenters. The summed E-state index contributed by atoms with van der Waals surface area (Å²) in [7, 11) is -4.43. The van der Waals surface area contributed by atoms with Crippen molar-refractivity contribution in [1.29, 1.82) is 0 Å². The summed E-state index contributed by atoms with van der Waals surface area (Å²) in [5.41, 5.74) is 1.48. The Morgan fingerprint density at radius 3 is 2.27 bits per heavy atom. The van der Waals surface area contributed by atoms with Crippen molar-refractivity contribution in [2.45, 2.75) is 55.6 Å². The lowest BCUT2D eigenvalue weighted by molar-refractivity contribution is -0.140. The van der Waals surface area contributed by atoms with E-state index in [4.69, 9.17) is 21.1 Å². The van der Waals surface area contributed by atoms with Crippen LogP contribution in [-0.4, -0.2) is 57.0 Å². The Labute approximate surface area is 290 Å². The van der Waals surface area contributed by atoms with Crippen molar-refractivity contribution in [3.8, 4) is 11.5 Å². The molecule has 2 amide bonds. The van der Waals surface area contributed by atoms with Crippen LogP contribution < -0.4 is 19.1 Å². The molecule has 0 aromatic heterocycles. The molecule has 1 N–H and O–H groups in total. The number of hydrogen-bond donors (Lipinski definition) is 1. The van der Waals surface area contributed by atoms with Crippen LogP contribution in [0.25, 0.3) is 0 Å². The van der Waals surface area contributed by atoms with Gasteiger partial charge in [0.1, 0.15) is 31.6 Å². The molecule has 4 aromatic rings. The number of halogens is 2. The van der Waals surface area contributed by atoms with Crippen LogP contribution in [0.3, 0.4) is 0 Å². The van der Waals surface area contributed by atoms with Gasteiger partial charge in [0.15, 0.2) is 11.5 Å². The van der Waals surface area contributed by atoms with Gasteiger partial charge >= 0.3 is 0 Å². The summed E-state index contributed by atoms with van der Waals surface area (Å²) in [6.45, 7) is -0.168. The van der Waals surface area contributed by atoms with E-state index in [1.807, 2.05) is 30.3 Å². The lowest BCUT2D eigenvalue weighted by Gasteiger charge is -2.34. The van der Waals surface area contributed by atoms with Crippen LogP contribution in [0.4, 0.5) is 10.1 Å². The molecule has 12 heteroatoms. The van der Waals surface area contributed by atoms with Crippen molar-refractivity contribution in [2.75, 3.05) is 24.1 Å². The maximum Gasteiger partial charge on any atom is 0.264 e. The van der Waals surface area contributed by atoms with E-state index >= 15 is 0 Å². The predicted molar refractivity (Wildman–Crippen MR) is 185 cm³/mol. The molecule has 1 heterocycles. The highest BCUT2D eigenvalue weighted by Gasteiger charge is 2.36. The summed E-state index contributed by atoms with van der Waals surface area (Å²) in [6, 6.07) is 24.4. The number of carbonyl (C=O) groups is 2. The second-order valence-corrected chi connectivity index (χ2v) is 14.4. The highest BCUT2D eigenvalue weighted by Crippen LogP contribution is 2.34. The van der Waals surface area contributed by atoms with E-state index in [-0.39, 0.29) is 47.9 Å². The molecule has 0 spiro atoms. The van der Waals surface area contributed by atoms with E-state index in [0.29, 0.717) is 22.9 Å². The van der Waals surface area contributed by atoms with Gasteiger partial charge in [-0.25, -0.2) is 12.8 Å². The number of amides is 2. The Hall–Kier alpha value is -4.61. The first-order valence-corrected chi connectivity index (χ1v) is 18.1. The Morgan fingerprint density at radius 2 is 1.55 bits per heavy atom.